The van der Waals surface area contributed by atoms with Gasteiger partial charge in [0.25, 0.3) is 10.1 Å². The average Bonchev–Trinajstić information content (AvgIpc) is 2.24. The van der Waals surface area contributed by atoms with Gasteiger partial charge in [0.15, 0.2) is 0 Å². The Morgan fingerprint density at radius 3 is 2.43 bits per heavy atom. The molecule has 0 bridgehead atoms. The summed E-state index contributed by atoms with van der Waals surface area (Å²) in [4.78, 5) is 12.4. The molecule has 0 aromatic carbocycles. The van der Waals surface area contributed by atoms with Gasteiger partial charge < -0.3 is 5.32 Å². The second kappa shape index (κ2) is 7.09. The number of hydrogen-bond acceptors (Lipinski definition) is 3. The summed E-state index contributed by atoms with van der Waals surface area (Å²) < 4.78 is 30.9. The molecule has 21 heavy (non-hydrogen) atoms. The van der Waals surface area contributed by atoms with Crippen LogP contribution >= 0.6 is 0 Å². The third-order valence-corrected chi connectivity index (χ3v) is 5.52. The van der Waals surface area contributed by atoms with Crippen molar-refractivity contribution in [3.05, 3.63) is 0 Å². The molecule has 2 N–H and O–H groups in total. The predicted molar refractivity (Wildman–Crippen MR) is 83.5 cm³/mol. The molecule has 1 aliphatic carbocycles. The molecule has 3 unspecified atom stereocenters. The molecule has 0 aromatic heterocycles. The summed E-state index contributed by atoms with van der Waals surface area (Å²) in [7, 11) is -4.10. The quantitative estimate of drug-likeness (QED) is 0.674. The van der Waals surface area contributed by atoms with Crippen molar-refractivity contribution in [3.8, 4) is 0 Å². The van der Waals surface area contributed by atoms with Gasteiger partial charge in [-0.25, -0.2) is 0 Å². The van der Waals surface area contributed by atoms with Gasteiger partial charge in [0.05, 0.1) is 11.3 Å². The number of unbranched alkanes of at least 4 members (excludes halogenated alkanes) is 1. The molecular formula is C15H29NO4S. The number of hydrogen-bond donors (Lipinski definition) is 2. The zero-order valence-electron chi connectivity index (χ0n) is 13.6. The lowest BCUT2D eigenvalue weighted by molar-refractivity contribution is -0.135. The van der Waals surface area contributed by atoms with Crippen LogP contribution in [0.25, 0.3) is 0 Å². The van der Waals surface area contributed by atoms with E-state index in [0.717, 1.165) is 32.1 Å². The van der Waals surface area contributed by atoms with Gasteiger partial charge in [-0.1, -0.05) is 33.1 Å². The fourth-order valence-corrected chi connectivity index (χ4v) is 4.36. The monoisotopic (exact) mass is 319 g/mol. The highest BCUT2D eigenvalue weighted by Gasteiger charge is 2.44. The van der Waals surface area contributed by atoms with Crippen molar-refractivity contribution < 1.29 is 17.8 Å². The summed E-state index contributed by atoms with van der Waals surface area (Å²) in [6.45, 7) is 7.54. The van der Waals surface area contributed by atoms with Gasteiger partial charge in [0, 0.05) is 5.92 Å². The second-order valence-corrected chi connectivity index (χ2v) is 8.37. The maximum absolute atomic E-state index is 12.4. The fraction of sp³-hybridized carbons (Fsp3) is 0.933. The highest BCUT2D eigenvalue weighted by molar-refractivity contribution is 7.85. The van der Waals surface area contributed by atoms with Gasteiger partial charge in [-0.3, -0.25) is 9.35 Å². The van der Waals surface area contributed by atoms with E-state index in [2.05, 4.69) is 19.2 Å². The Kier molecular flexibility index (Phi) is 6.23. The molecule has 1 amide bonds. The van der Waals surface area contributed by atoms with E-state index in [1.54, 1.807) is 13.8 Å². The maximum atomic E-state index is 12.4. The molecule has 1 aliphatic rings. The molecule has 0 spiro atoms. The van der Waals surface area contributed by atoms with E-state index < -0.39 is 21.4 Å². The summed E-state index contributed by atoms with van der Waals surface area (Å²) in [5, 5.41) is 2.79. The van der Waals surface area contributed by atoms with Crippen LogP contribution < -0.4 is 5.32 Å². The van der Waals surface area contributed by atoms with Crippen LogP contribution in [0.1, 0.15) is 59.8 Å². The van der Waals surface area contributed by atoms with E-state index in [9.17, 15) is 13.2 Å². The van der Waals surface area contributed by atoms with Crippen LogP contribution in [-0.2, 0) is 14.9 Å². The molecule has 1 saturated carbocycles. The van der Waals surface area contributed by atoms with Crippen molar-refractivity contribution in [1.82, 2.24) is 5.32 Å². The summed E-state index contributed by atoms with van der Waals surface area (Å²) in [5.74, 6) is 0.472. The van der Waals surface area contributed by atoms with Crippen molar-refractivity contribution in [2.45, 2.75) is 65.3 Å². The van der Waals surface area contributed by atoms with Crippen LogP contribution in [0, 0.1) is 17.8 Å². The van der Waals surface area contributed by atoms with Crippen molar-refractivity contribution in [3.63, 3.8) is 0 Å². The Morgan fingerprint density at radius 1 is 1.33 bits per heavy atom. The van der Waals surface area contributed by atoms with Gasteiger partial charge in [0.1, 0.15) is 0 Å². The second-order valence-electron chi connectivity index (χ2n) is 6.92. The molecule has 124 valence electrons. The molecule has 0 saturated heterocycles. The first-order chi connectivity index (χ1) is 9.59. The molecule has 1 fully saturated rings. The Labute approximate surface area is 128 Å². The van der Waals surface area contributed by atoms with E-state index in [4.69, 9.17) is 4.55 Å². The number of rotatable bonds is 8. The third kappa shape index (κ3) is 5.58. The smallest absolute Gasteiger partial charge is 0.267 e. The minimum atomic E-state index is -4.10. The fourth-order valence-electron chi connectivity index (χ4n) is 3.37. The van der Waals surface area contributed by atoms with Gasteiger partial charge in [-0.2, -0.15) is 8.42 Å². The number of carbonyl (C=O) groups is 1. The molecule has 6 heteroatoms. The van der Waals surface area contributed by atoms with Crippen molar-refractivity contribution in [2.75, 3.05) is 5.75 Å². The number of nitrogens with one attached hydrogen (secondary N) is 1. The molecule has 3 atom stereocenters. The highest BCUT2D eigenvalue weighted by Crippen LogP contribution is 2.45. The molecule has 1 rings (SSSR count). The van der Waals surface area contributed by atoms with E-state index in [-0.39, 0.29) is 11.8 Å². The standard InChI is InChI=1S/C15H29NO4S/c1-5-7-8-12-11(6-2)9-13(12)14(17)16-15(3,4)10-21(18,19)20/h11-13H,5-10H2,1-4H3,(H,16,17)(H,18,19,20). The summed E-state index contributed by atoms with van der Waals surface area (Å²) in [6.07, 6.45) is 5.28. The number of carbonyl (C=O) groups excluding carboxylic acids is 1. The maximum Gasteiger partial charge on any atom is 0.267 e. The van der Waals surface area contributed by atoms with Crippen LogP contribution in [0.3, 0.4) is 0 Å². The minimum Gasteiger partial charge on any atom is -0.350 e. The van der Waals surface area contributed by atoms with Crippen LogP contribution in [-0.4, -0.2) is 30.2 Å². The Morgan fingerprint density at radius 2 is 1.95 bits per heavy atom. The van der Waals surface area contributed by atoms with Gasteiger partial charge in [0.2, 0.25) is 5.91 Å². The zero-order chi connectivity index (χ0) is 16.3. The average molecular weight is 319 g/mol. The predicted octanol–water partition coefficient (Wildman–Crippen LogP) is 2.62. The van der Waals surface area contributed by atoms with Crippen LogP contribution in [0.2, 0.25) is 0 Å². The summed E-state index contributed by atoms with van der Waals surface area (Å²) in [5.41, 5.74) is -0.947. The van der Waals surface area contributed by atoms with Crippen LogP contribution in [0.5, 0.6) is 0 Å². The molecule has 0 radical (unpaired) electrons. The first kappa shape index (κ1) is 18.4. The summed E-state index contributed by atoms with van der Waals surface area (Å²) >= 11 is 0. The lowest BCUT2D eigenvalue weighted by atomic mass is 9.61. The van der Waals surface area contributed by atoms with E-state index in [1.807, 2.05) is 0 Å². The largest absolute Gasteiger partial charge is 0.350 e. The van der Waals surface area contributed by atoms with Crippen molar-refractivity contribution in [1.29, 1.82) is 0 Å². The SMILES string of the molecule is CCCCC1C(CC)CC1C(=O)NC(C)(C)CS(=O)(=O)O. The normalized spacial score (nSPS) is 26.2. The first-order valence-corrected chi connectivity index (χ1v) is 9.47. The third-order valence-electron chi connectivity index (χ3n) is 4.44. The van der Waals surface area contributed by atoms with Gasteiger partial charge in [-0.15, -0.1) is 0 Å². The van der Waals surface area contributed by atoms with Crippen LogP contribution in [0.15, 0.2) is 0 Å². The first-order valence-electron chi connectivity index (χ1n) is 7.86. The van der Waals surface area contributed by atoms with Gasteiger partial charge >= 0.3 is 0 Å². The Bertz CT molecular complexity index is 458. The van der Waals surface area contributed by atoms with Gasteiger partial charge in [-0.05, 0) is 38.5 Å². The van der Waals surface area contributed by atoms with E-state index in [0.29, 0.717) is 11.8 Å². The van der Waals surface area contributed by atoms with E-state index >= 15 is 0 Å². The topological polar surface area (TPSA) is 83.5 Å². The summed E-state index contributed by atoms with van der Waals surface area (Å²) in [6, 6.07) is 0. The molecular weight excluding hydrogens is 290 g/mol. The van der Waals surface area contributed by atoms with Crippen molar-refractivity contribution >= 4 is 16.0 Å². The lowest BCUT2D eigenvalue weighted by Crippen LogP contribution is -2.54. The van der Waals surface area contributed by atoms with E-state index in [1.165, 1.54) is 0 Å². The molecule has 0 aliphatic heterocycles. The molecule has 0 heterocycles. The van der Waals surface area contributed by atoms with Crippen molar-refractivity contribution in [2.24, 2.45) is 17.8 Å². The Hall–Kier alpha value is -0.620. The highest BCUT2D eigenvalue weighted by atomic mass is 32.2. The minimum absolute atomic E-state index is 0.0119. The molecule has 0 aromatic rings. The molecule has 5 nitrogen and oxygen atoms in total. The Balaban J connectivity index is 2.62. The van der Waals surface area contributed by atoms with Crippen LogP contribution in [0.4, 0.5) is 0 Å². The zero-order valence-corrected chi connectivity index (χ0v) is 14.4. The number of amides is 1. The lowest BCUT2D eigenvalue weighted by Gasteiger charge is -2.45.